The van der Waals surface area contributed by atoms with E-state index in [-0.39, 0.29) is 0 Å². The van der Waals surface area contributed by atoms with Gasteiger partial charge in [-0.05, 0) is 37.6 Å². The lowest BCUT2D eigenvalue weighted by molar-refractivity contribution is 0.340. The smallest absolute Gasteiger partial charge is 0.120 e. The summed E-state index contributed by atoms with van der Waals surface area (Å²) in [5.74, 6) is 0.912. The second-order valence-corrected chi connectivity index (χ2v) is 3.94. The van der Waals surface area contributed by atoms with Crippen LogP contribution in [-0.2, 0) is 13.6 Å². The molecular formula is C13H18N2O. The van der Waals surface area contributed by atoms with Crippen molar-refractivity contribution < 1.29 is 4.74 Å². The number of nitrogens with zero attached hydrogens (tertiary/aromatic N) is 1. The quantitative estimate of drug-likeness (QED) is 0.859. The number of nitrogens with two attached hydrogens (primary N) is 1. The molecule has 1 heterocycles. The molecule has 0 bridgehead atoms. The minimum absolute atomic E-state index is 0.568. The summed E-state index contributed by atoms with van der Waals surface area (Å²) in [6.45, 7) is 5.35. The monoisotopic (exact) mass is 218 g/mol. The Morgan fingerprint density at radius 2 is 2.12 bits per heavy atom. The van der Waals surface area contributed by atoms with E-state index >= 15 is 0 Å². The van der Waals surface area contributed by atoms with Crippen molar-refractivity contribution in [3.8, 4) is 5.75 Å². The lowest BCUT2D eigenvalue weighted by atomic mass is 10.1. The summed E-state index contributed by atoms with van der Waals surface area (Å²) in [6, 6.07) is 6.17. The SMILES string of the molecule is CCOc1ccc2c(c1)c(CN)c(C)n2C. The molecule has 0 aliphatic heterocycles. The average Bonchev–Trinajstić information content (AvgIpc) is 2.52. The van der Waals surface area contributed by atoms with Crippen molar-refractivity contribution in [2.75, 3.05) is 6.61 Å². The van der Waals surface area contributed by atoms with Gasteiger partial charge < -0.3 is 15.0 Å². The molecule has 2 aromatic rings. The Morgan fingerprint density at radius 1 is 1.38 bits per heavy atom. The summed E-state index contributed by atoms with van der Waals surface area (Å²) in [4.78, 5) is 0. The van der Waals surface area contributed by atoms with E-state index in [0.717, 1.165) is 5.75 Å². The molecular weight excluding hydrogens is 200 g/mol. The summed E-state index contributed by atoms with van der Waals surface area (Å²) in [5, 5.41) is 1.20. The minimum Gasteiger partial charge on any atom is -0.494 e. The molecule has 3 nitrogen and oxygen atoms in total. The highest BCUT2D eigenvalue weighted by atomic mass is 16.5. The molecule has 0 aliphatic rings. The van der Waals surface area contributed by atoms with Gasteiger partial charge in [0.1, 0.15) is 5.75 Å². The topological polar surface area (TPSA) is 40.2 Å². The van der Waals surface area contributed by atoms with Crippen LogP contribution in [0.3, 0.4) is 0 Å². The Bertz CT molecular complexity index is 514. The highest BCUT2D eigenvalue weighted by Crippen LogP contribution is 2.28. The molecule has 0 aliphatic carbocycles. The summed E-state index contributed by atoms with van der Waals surface area (Å²) in [5.41, 5.74) is 9.44. The van der Waals surface area contributed by atoms with Gasteiger partial charge in [-0.2, -0.15) is 0 Å². The highest BCUT2D eigenvalue weighted by Gasteiger charge is 2.10. The van der Waals surface area contributed by atoms with Crippen LogP contribution in [0.15, 0.2) is 18.2 Å². The number of hydrogen-bond acceptors (Lipinski definition) is 2. The maximum atomic E-state index is 5.80. The number of benzene rings is 1. The Labute approximate surface area is 95.8 Å². The predicted molar refractivity (Wildman–Crippen MR) is 66.7 cm³/mol. The Kier molecular flexibility index (Phi) is 2.88. The van der Waals surface area contributed by atoms with Crippen molar-refractivity contribution >= 4 is 10.9 Å². The van der Waals surface area contributed by atoms with Gasteiger partial charge >= 0.3 is 0 Å². The zero-order valence-corrected chi connectivity index (χ0v) is 10.1. The molecule has 1 aromatic carbocycles. The van der Waals surface area contributed by atoms with Crippen LogP contribution in [0.25, 0.3) is 10.9 Å². The molecule has 0 fully saturated rings. The summed E-state index contributed by atoms with van der Waals surface area (Å²) >= 11 is 0. The van der Waals surface area contributed by atoms with Gasteiger partial charge in [0.05, 0.1) is 6.61 Å². The number of fused-ring (bicyclic) bond motifs is 1. The van der Waals surface area contributed by atoms with Gasteiger partial charge in [-0.3, -0.25) is 0 Å². The molecule has 2 rings (SSSR count). The maximum Gasteiger partial charge on any atom is 0.120 e. The van der Waals surface area contributed by atoms with Gasteiger partial charge in [0.2, 0.25) is 0 Å². The van der Waals surface area contributed by atoms with Gasteiger partial charge in [0.15, 0.2) is 0 Å². The van der Waals surface area contributed by atoms with E-state index in [2.05, 4.69) is 30.7 Å². The third-order valence-corrected chi connectivity index (χ3v) is 3.11. The van der Waals surface area contributed by atoms with Crippen LogP contribution in [0.5, 0.6) is 5.75 Å². The van der Waals surface area contributed by atoms with Gasteiger partial charge in [-0.1, -0.05) is 0 Å². The Hall–Kier alpha value is -1.48. The number of aryl methyl sites for hydroxylation is 1. The molecule has 0 unspecified atom stereocenters. The number of hydrogen-bond donors (Lipinski definition) is 1. The Morgan fingerprint density at radius 3 is 2.75 bits per heavy atom. The zero-order chi connectivity index (χ0) is 11.7. The fourth-order valence-electron chi connectivity index (χ4n) is 2.14. The van der Waals surface area contributed by atoms with Crippen LogP contribution in [0.1, 0.15) is 18.2 Å². The first kappa shape index (κ1) is 11.0. The normalized spacial score (nSPS) is 11.0. The van der Waals surface area contributed by atoms with Gasteiger partial charge in [0.25, 0.3) is 0 Å². The fraction of sp³-hybridized carbons (Fsp3) is 0.385. The van der Waals surface area contributed by atoms with E-state index in [9.17, 15) is 0 Å². The summed E-state index contributed by atoms with van der Waals surface area (Å²) in [7, 11) is 2.07. The van der Waals surface area contributed by atoms with Crippen LogP contribution in [0.2, 0.25) is 0 Å². The summed E-state index contributed by atoms with van der Waals surface area (Å²) in [6.07, 6.45) is 0. The standard InChI is InChI=1S/C13H18N2O/c1-4-16-10-5-6-13-11(7-10)12(8-14)9(2)15(13)3/h5-7H,4,8,14H2,1-3H3. The molecule has 16 heavy (non-hydrogen) atoms. The molecule has 2 N–H and O–H groups in total. The van der Waals surface area contributed by atoms with Crippen LogP contribution in [0.4, 0.5) is 0 Å². The van der Waals surface area contributed by atoms with Gasteiger partial charge in [-0.15, -0.1) is 0 Å². The largest absolute Gasteiger partial charge is 0.494 e. The van der Waals surface area contributed by atoms with Gasteiger partial charge in [0, 0.05) is 30.2 Å². The van der Waals surface area contributed by atoms with E-state index in [0.29, 0.717) is 13.2 Å². The van der Waals surface area contributed by atoms with Crippen LogP contribution < -0.4 is 10.5 Å². The van der Waals surface area contributed by atoms with Crippen molar-refractivity contribution in [3.63, 3.8) is 0 Å². The molecule has 0 amide bonds. The first-order chi connectivity index (χ1) is 7.69. The average molecular weight is 218 g/mol. The Balaban J connectivity index is 2.66. The molecule has 0 atom stereocenters. The van der Waals surface area contributed by atoms with Crippen molar-refractivity contribution in [3.05, 3.63) is 29.5 Å². The first-order valence-electron chi connectivity index (χ1n) is 5.59. The summed E-state index contributed by atoms with van der Waals surface area (Å²) < 4.78 is 7.69. The zero-order valence-electron chi connectivity index (χ0n) is 10.1. The van der Waals surface area contributed by atoms with Crippen molar-refractivity contribution in [1.29, 1.82) is 0 Å². The van der Waals surface area contributed by atoms with E-state index < -0.39 is 0 Å². The number of aromatic nitrogens is 1. The van der Waals surface area contributed by atoms with Crippen molar-refractivity contribution in [2.24, 2.45) is 12.8 Å². The lowest BCUT2D eigenvalue weighted by Gasteiger charge is -2.03. The second kappa shape index (κ2) is 4.18. The van der Waals surface area contributed by atoms with E-state index in [1.807, 2.05) is 13.0 Å². The van der Waals surface area contributed by atoms with E-state index in [1.165, 1.54) is 22.2 Å². The lowest BCUT2D eigenvalue weighted by Crippen LogP contribution is -1.99. The van der Waals surface area contributed by atoms with Crippen molar-refractivity contribution in [1.82, 2.24) is 4.57 Å². The fourth-order valence-corrected chi connectivity index (χ4v) is 2.14. The number of ether oxygens (including phenoxy) is 1. The number of rotatable bonds is 3. The van der Waals surface area contributed by atoms with Crippen LogP contribution in [0, 0.1) is 6.92 Å². The highest BCUT2D eigenvalue weighted by molar-refractivity contribution is 5.86. The molecule has 0 spiro atoms. The molecule has 0 saturated heterocycles. The predicted octanol–water partition coefficient (Wildman–Crippen LogP) is 2.34. The third-order valence-electron chi connectivity index (χ3n) is 3.11. The molecule has 3 heteroatoms. The maximum absolute atomic E-state index is 5.80. The molecule has 0 radical (unpaired) electrons. The third kappa shape index (κ3) is 1.57. The van der Waals surface area contributed by atoms with Gasteiger partial charge in [-0.25, -0.2) is 0 Å². The van der Waals surface area contributed by atoms with Crippen LogP contribution in [-0.4, -0.2) is 11.2 Å². The second-order valence-electron chi connectivity index (χ2n) is 3.94. The van der Waals surface area contributed by atoms with Crippen LogP contribution >= 0.6 is 0 Å². The molecule has 0 saturated carbocycles. The first-order valence-corrected chi connectivity index (χ1v) is 5.59. The van der Waals surface area contributed by atoms with Crippen molar-refractivity contribution in [2.45, 2.75) is 20.4 Å². The molecule has 1 aromatic heterocycles. The minimum atomic E-state index is 0.568. The van der Waals surface area contributed by atoms with E-state index in [4.69, 9.17) is 10.5 Å². The van der Waals surface area contributed by atoms with E-state index in [1.54, 1.807) is 0 Å². The molecule has 86 valence electrons.